The third kappa shape index (κ3) is 2.52. The number of carbonyl (C=O) groups is 1. The van der Waals surface area contributed by atoms with Gasteiger partial charge in [0.15, 0.2) is 0 Å². The number of amides is 1. The number of hydrogen-bond donors (Lipinski definition) is 1. The molecular weight excluding hydrogens is 248 g/mol. The van der Waals surface area contributed by atoms with Gasteiger partial charge in [-0.2, -0.15) is 0 Å². The molecule has 102 valence electrons. The molecule has 1 saturated heterocycles. The fraction of sp³-hybridized carbons (Fsp3) is 0.462. The van der Waals surface area contributed by atoms with Gasteiger partial charge in [-0.25, -0.2) is 0 Å². The molecule has 1 N–H and O–H groups in total. The van der Waals surface area contributed by atoms with E-state index in [0.717, 1.165) is 19.3 Å². The van der Waals surface area contributed by atoms with Gasteiger partial charge in [0.2, 0.25) is 0 Å². The van der Waals surface area contributed by atoms with Crippen LogP contribution >= 0.6 is 0 Å². The summed E-state index contributed by atoms with van der Waals surface area (Å²) in [6, 6.07) is 3.69. The summed E-state index contributed by atoms with van der Waals surface area (Å²) in [5.74, 6) is -0.506. The molecule has 0 aromatic heterocycles. The van der Waals surface area contributed by atoms with E-state index in [0.29, 0.717) is 6.54 Å². The molecular formula is C13H16N2O4. The van der Waals surface area contributed by atoms with Crippen LogP contribution in [0.3, 0.4) is 0 Å². The summed E-state index contributed by atoms with van der Waals surface area (Å²) in [5.41, 5.74) is -0.296. The third-order valence-electron chi connectivity index (χ3n) is 3.52. The standard InChI is InChI=1S/C13H16N2O4/c1-2-9-4-3-7-14(9)13(17)11-8-10(16)5-6-12(11)15(18)19/h5-6,8-9,16H,2-4,7H2,1H3. The Hall–Kier alpha value is -2.11. The van der Waals surface area contributed by atoms with Gasteiger partial charge in [-0.05, 0) is 31.4 Å². The second kappa shape index (κ2) is 5.26. The van der Waals surface area contributed by atoms with Gasteiger partial charge in [0.25, 0.3) is 11.6 Å². The third-order valence-corrected chi connectivity index (χ3v) is 3.52. The molecule has 0 aliphatic carbocycles. The Labute approximate surface area is 110 Å². The van der Waals surface area contributed by atoms with Crippen LogP contribution in [-0.4, -0.2) is 33.4 Å². The van der Waals surface area contributed by atoms with Gasteiger partial charge in [0, 0.05) is 18.7 Å². The molecule has 1 aromatic carbocycles. The molecule has 1 unspecified atom stereocenters. The number of aromatic hydroxyl groups is 1. The predicted molar refractivity (Wildman–Crippen MR) is 69.1 cm³/mol. The second-order valence-corrected chi connectivity index (χ2v) is 4.66. The summed E-state index contributed by atoms with van der Waals surface area (Å²) in [6.45, 7) is 2.61. The topological polar surface area (TPSA) is 83.7 Å². The molecule has 1 amide bonds. The maximum absolute atomic E-state index is 12.4. The number of rotatable bonds is 3. The van der Waals surface area contributed by atoms with Gasteiger partial charge < -0.3 is 10.0 Å². The van der Waals surface area contributed by atoms with Crippen LogP contribution in [0.25, 0.3) is 0 Å². The highest BCUT2D eigenvalue weighted by atomic mass is 16.6. The van der Waals surface area contributed by atoms with Crippen molar-refractivity contribution in [3.8, 4) is 5.75 Å². The smallest absolute Gasteiger partial charge is 0.282 e. The van der Waals surface area contributed by atoms with E-state index in [1.807, 2.05) is 6.92 Å². The normalized spacial score (nSPS) is 18.6. The fourth-order valence-corrected chi connectivity index (χ4v) is 2.54. The minimum atomic E-state index is -0.594. The first kappa shape index (κ1) is 13.3. The largest absolute Gasteiger partial charge is 0.508 e. The van der Waals surface area contributed by atoms with E-state index < -0.39 is 4.92 Å². The molecule has 0 radical (unpaired) electrons. The first-order chi connectivity index (χ1) is 9.04. The van der Waals surface area contributed by atoms with Crippen molar-refractivity contribution in [1.29, 1.82) is 0 Å². The van der Waals surface area contributed by atoms with Crippen LogP contribution in [-0.2, 0) is 0 Å². The molecule has 6 heteroatoms. The molecule has 1 aromatic rings. The summed E-state index contributed by atoms with van der Waals surface area (Å²) in [6.07, 6.45) is 2.67. The molecule has 0 bridgehead atoms. The molecule has 1 atom stereocenters. The van der Waals surface area contributed by atoms with Gasteiger partial charge in [-0.1, -0.05) is 6.92 Å². The van der Waals surface area contributed by atoms with Crippen molar-refractivity contribution in [1.82, 2.24) is 4.90 Å². The van der Waals surface area contributed by atoms with E-state index in [2.05, 4.69) is 0 Å². The molecule has 2 rings (SSSR count). The fourth-order valence-electron chi connectivity index (χ4n) is 2.54. The van der Waals surface area contributed by atoms with Gasteiger partial charge in [0.05, 0.1) is 4.92 Å². The van der Waals surface area contributed by atoms with E-state index in [9.17, 15) is 20.0 Å². The number of hydrogen-bond acceptors (Lipinski definition) is 4. The SMILES string of the molecule is CCC1CCCN1C(=O)c1cc(O)ccc1[N+](=O)[O-]. The number of benzene rings is 1. The van der Waals surface area contributed by atoms with Gasteiger partial charge in [-0.3, -0.25) is 14.9 Å². The molecule has 1 aliphatic heterocycles. The minimum Gasteiger partial charge on any atom is -0.508 e. The number of likely N-dealkylation sites (tertiary alicyclic amines) is 1. The van der Waals surface area contributed by atoms with Crippen LogP contribution in [0.2, 0.25) is 0 Å². The summed E-state index contributed by atoms with van der Waals surface area (Å²) in [7, 11) is 0. The zero-order valence-electron chi connectivity index (χ0n) is 10.7. The second-order valence-electron chi connectivity index (χ2n) is 4.66. The van der Waals surface area contributed by atoms with Crippen LogP contribution < -0.4 is 0 Å². The lowest BCUT2D eigenvalue weighted by molar-refractivity contribution is -0.385. The Balaban J connectivity index is 2.37. The minimum absolute atomic E-state index is 0.0367. The average molecular weight is 264 g/mol. The molecule has 0 spiro atoms. The number of carbonyl (C=O) groups excluding carboxylic acids is 1. The molecule has 6 nitrogen and oxygen atoms in total. The van der Waals surface area contributed by atoms with E-state index in [1.165, 1.54) is 18.2 Å². The quantitative estimate of drug-likeness (QED) is 0.670. The first-order valence-electron chi connectivity index (χ1n) is 6.33. The summed E-state index contributed by atoms with van der Waals surface area (Å²) < 4.78 is 0. The molecule has 0 saturated carbocycles. The Bertz CT molecular complexity index is 515. The number of nitro benzene ring substituents is 1. The Morgan fingerprint density at radius 3 is 2.95 bits per heavy atom. The van der Waals surface area contributed by atoms with Crippen LogP contribution in [0.4, 0.5) is 5.69 Å². The number of phenols is 1. The van der Waals surface area contributed by atoms with Crippen molar-refractivity contribution < 1.29 is 14.8 Å². The molecule has 1 fully saturated rings. The Kier molecular flexibility index (Phi) is 3.69. The van der Waals surface area contributed by atoms with Crippen LogP contribution in [0.15, 0.2) is 18.2 Å². The van der Waals surface area contributed by atoms with E-state index in [-0.39, 0.29) is 28.9 Å². The molecule has 1 aliphatic rings. The zero-order chi connectivity index (χ0) is 14.0. The highest BCUT2D eigenvalue weighted by molar-refractivity contribution is 5.98. The summed E-state index contributed by atoms with van der Waals surface area (Å²) in [5, 5.41) is 20.4. The van der Waals surface area contributed by atoms with E-state index >= 15 is 0 Å². The van der Waals surface area contributed by atoms with Gasteiger partial charge >= 0.3 is 0 Å². The lowest BCUT2D eigenvalue weighted by Crippen LogP contribution is -2.35. The van der Waals surface area contributed by atoms with Crippen molar-refractivity contribution in [2.75, 3.05) is 6.54 Å². The summed E-state index contributed by atoms with van der Waals surface area (Å²) in [4.78, 5) is 24.4. The van der Waals surface area contributed by atoms with Crippen molar-refractivity contribution in [3.05, 3.63) is 33.9 Å². The maximum Gasteiger partial charge on any atom is 0.282 e. The van der Waals surface area contributed by atoms with Gasteiger partial charge in [-0.15, -0.1) is 0 Å². The lowest BCUT2D eigenvalue weighted by Gasteiger charge is -2.23. The predicted octanol–water partition coefficient (Wildman–Crippen LogP) is 2.32. The average Bonchev–Trinajstić information content (AvgIpc) is 2.85. The maximum atomic E-state index is 12.4. The molecule has 1 heterocycles. The monoisotopic (exact) mass is 264 g/mol. The Morgan fingerprint density at radius 2 is 2.32 bits per heavy atom. The number of nitro groups is 1. The van der Waals surface area contributed by atoms with E-state index in [4.69, 9.17) is 0 Å². The Morgan fingerprint density at radius 1 is 1.58 bits per heavy atom. The number of nitrogens with zero attached hydrogens (tertiary/aromatic N) is 2. The van der Waals surface area contributed by atoms with Crippen molar-refractivity contribution in [2.45, 2.75) is 32.2 Å². The van der Waals surface area contributed by atoms with Crippen molar-refractivity contribution >= 4 is 11.6 Å². The lowest BCUT2D eigenvalue weighted by atomic mass is 10.1. The van der Waals surface area contributed by atoms with Crippen molar-refractivity contribution in [3.63, 3.8) is 0 Å². The number of phenolic OH excluding ortho intramolecular Hbond substituents is 1. The highest BCUT2D eigenvalue weighted by Crippen LogP contribution is 2.28. The van der Waals surface area contributed by atoms with Crippen LogP contribution in [0.1, 0.15) is 36.5 Å². The summed E-state index contributed by atoms with van der Waals surface area (Å²) >= 11 is 0. The van der Waals surface area contributed by atoms with Crippen molar-refractivity contribution in [2.24, 2.45) is 0 Å². The zero-order valence-corrected chi connectivity index (χ0v) is 10.7. The van der Waals surface area contributed by atoms with Gasteiger partial charge in [0.1, 0.15) is 11.3 Å². The highest BCUT2D eigenvalue weighted by Gasteiger charge is 2.32. The van der Waals surface area contributed by atoms with Crippen LogP contribution in [0.5, 0.6) is 5.75 Å². The first-order valence-corrected chi connectivity index (χ1v) is 6.33. The van der Waals surface area contributed by atoms with E-state index in [1.54, 1.807) is 4.90 Å². The van der Waals surface area contributed by atoms with Crippen LogP contribution in [0, 0.1) is 10.1 Å². The molecule has 19 heavy (non-hydrogen) atoms.